The van der Waals surface area contributed by atoms with Gasteiger partial charge in [-0.1, -0.05) is 0 Å². The molecule has 0 bridgehead atoms. The van der Waals surface area contributed by atoms with E-state index < -0.39 is 0 Å². The van der Waals surface area contributed by atoms with E-state index >= 15 is 0 Å². The third-order valence-electron chi connectivity index (χ3n) is 2.67. The van der Waals surface area contributed by atoms with E-state index in [1.54, 1.807) is 7.11 Å². The molecule has 0 amide bonds. The van der Waals surface area contributed by atoms with Gasteiger partial charge >= 0.3 is 0 Å². The van der Waals surface area contributed by atoms with Gasteiger partial charge in [-0.3, -0.25) is 0 Å². The first-order valence-electron chi connectivity index (χ1n) is 5.09. The van der Waals surface area contributed by atoms with Gasteiger partial charge < -0.3 is 15.2 Å². The number of hydrogen-bond acceptors (Lipinski definition) is 3. The van der Waals surface area contributed by atoms with Crippen LogP contribution in [0.15, 0.2) is 15.0 Å². The Morgan fingerprint density at radius 3 is 2.94 bits per heavy atom. The van der Waals surface area contributed by atoms with Crippen molar-refractivity contribution in [2.75, 3.05) is 13.7 Å². The average Bonchev–Trinajstić information content (AvgIpc) is 2.46. The molecule has 1 heterocycles. The Labute approximate surface area is 112 Å². The standard InChI is InChI=1S/C11H13Br2NO2/c1-15-8-5-6(12)11-9(10(8)13)7(14)3-2-4-16-11/h5,7H,2-4,14H2,1H3/t7-/m0/s1. The largest absolute Gasteiger partial charge is 0.496 e. The number of fused-ring (bicyclic) bond motifs is 1. The van der Waals surface area contributed by atoms with Gasteiger partial charge in [0.1, 0.15) is 11.5 Å². The molecule has 3 nitrogen and oxygen atoms in total. The minimum Gasteiger partial charge on any atom is -0.496 e. The van der Waals surface area contributed by atoms with Crippen molar-refractivity contribution in [3.63, 3.8) is 0 Å². The van der Waals surface area contributed by atoms with Gasteiger partial charge in [-0.2, -0.15) is 0 Å². The van der Waals surface area contributed by atoms with E-state index in [4.69, 9.17) is 15.2 Å². The fraction of sp³-hybridized carbons (Fsp3) is 0.455. The summed E-state index contributed by atoms with van der Waals surface area (Å²) < 4.78 is 12.8. The number of ether oxygens (including phenoxy) is 2. The second kappa shape index (κ2) is 4.94. The summed E-state index contributed by atoms with van der Waals surface area (Å²) in [4.78, 5) is 0. The van der Waals surface area contributed by atoms with E-state index in [0.717, 1.165) is 38.8 Å². The van der Waals surface area contributed by atoms with Crippen molar-refractivity contribution < 1.29 is 9.47 Å². The Morgan fingerprint density at radius 1 is 1.50 bits per heavy atom. The van der Waals surface area contributed by atoms with Crippen LogP contribution in [-0.4, -0.2) is 13.7 Å². The molecule has 2 rings (SSSR count). The predicted molar refractivity (Wildman–Crippen MR) is 70.1 cm³/mol. The van der Waals surface area contributed by atoms with Crippen molar-refractivity contribution in [2.45, 2.75) is 18.9 Å². The Hall–Kier alpha value is -0.260. The van der Waals surface area contributed by atoms with Gasteiger partial charge in [-0.15, -0.1) is 0 Å². The summed E-state index contributed by atoms with van der Waals surface area (Å²) in [6.07, 6.45) is 1.89. The summed E-state index contributed by atoms with van der Waals surface area (Å²) in [6.45, 7) is 0.706. The van der Waals surface area contributed by atoms with Crippen LogP contribution in [0.2, 0.25) is 0 Å². The highest BCUT2D eigenvalue weighted by Crippen LogP contribution is 2.45. The number of benzene rings is 1. The van der Waals surface area contributed by atoms with Crippen LogP contribution in [0, 0.1) is 0 Å². The van der Waals surface area contributed by atoms with E-state index in [-0.39, 0.29) is 6.04 Å². The molecule has 1 aromatic rings. The van der Waals surface area contributed by atoms with Gasteiger partial charge in [0.25, 0.3) is 0 Å². The van der Waals surface area contributed by atoms with E-state index in [9.17, 15) is 0 Å². The van der Waals surface area contributed by atoms with Crippen molar-refractivity contribution in [3.05, 3.63) is 20.6 Å². The molecule has 0 unspecified atom stereocenters. The maximum Gasteiger partial charge on any atom is 0.139 e. The molecule has 0 saturated carbocycles. The SMILES string of the molecule is COc1cc(Br)c2c(c1Br)[C@@H](N)CCCO2. The quantitative estimate of drug-likeness (QED) is 0.844. The van der Waals surface area contributed by atoms with Gasteiger partial charge in [0.05, 0.1) is 22.7 Å². The molecule has 0 aromatic heterocycles. The molecule has 2 N–H and O–H groups in total. The molecule has 16 heavy (non-hydrogen) atoms. The Balaban J connectivity index is 2.62. The summed E-state index contributed by atoms with van der Waals surface area (Å²) in [7, 11) is 1.64. The van der Waals surface area contributed by atoms with Crippen LogP contribution in [0.5, 0.6) is 11.5 Å². The molecular weight excluding hydrogens is 338 g/mol. The average molecular weight is 351 g/mol. The Morgan fingerprint density at radius 2 is 2.25 bits per heavy atom. The highest BCUT2D eigenvalue weighted by Gasteiger charge is 2.24. The lowest BCUT2D eigenvalue weighted by molar-refractivity contribution is 0.313. The lowest BCUT2D eigenvalue weighted by Crippen LogP contribution is -2.10. The molecule has 1 aliphatic rings. The normalized spacial score (nSPS) is 19.6. The molecule has 0 aliphatic carbocycles. The van der Waals surface area contributed by atoms with E-state index in [1.165, 1.54) is 0 Å². The number of hydrogen-bond donors (Lipinski definition) is 1. The van der Waals surface area contributed by atoms with Gasteiger partial charge in [-0.25, -0.2) is 0 Å². The molecule has 0 spiro atoms. The molecular formula is C11H13Br2NO2. The molecule has 0 saturated heterocycles. The summed E-state index contributed by atoms with van der Waals surface area (Å²) in [5, 5.41) is 0. The third-order valence-corrected chi connectivity index (χ3v) is 4.08. The minimum absolute atomic E-state index is 0.0155. The monoisotopic (exact) mass is 349 g/mol. The number of halogens is 2. The van der Waals surface area contributed by atoms with Crippen LogP contribution in [0.3, 0.4) is 0 Å². The first kappa shape index (κ1) is 12.2. The molecule has 0 fully saturated rings. The van der Waals surface area contributed by atoms with E-state index in [1.807, 2.05) is 6.07 Å². The second-order valence-corrected chi connectivity index (χ2v) is 5.36. The lowest BCUT2D eigenvalue weighted by atomic mass is 10.0. The van der Waals surface area contributed by atoms with Crippen LogP contribution in [0.25, 0.3) is 0 Å². The van der Waals surface area contributed by atoms with Crippen molar-refractivity contribution in [3.8, 4) is 11.5 Å². The van der Waals surface area contributed by atoms with Crippen LogP contribution >= 0.6 is 31.9 Å². The zero-order valence-electron chi connectivity index (χ0n) is 8.93. The Bertz CT molecular complexity index is 409. The van der Waals surface area contributed by atoms with Gasteiger partial charge in [0, 0.05) is 11.6 Å². The van der Waals surface area contributed by atoms with Crippen LogP contribution in [0.1, 0.15) is 24.4 Å². The molecule has 1 aromatic carbocycles. The minimum atomic E-state index is -0.0155. The molecule has 1 aliphatic heterocycles. The van der Waals surface area contributed by atoms with Gasteiger partial charge in [0.2, 0.25) is 0 Å². The molecule has 88 valence electrons. The summed E-state index contributed by atoms with van der Waals surface area (Å²) in [5.41, 5.74) is 7.14. The van der Waals surface area contributed by atoms with E-state index in [0.29, 0.717) is 6.61 Å². The zero-order valence-corrected chi connectivity index (χ0v) is 12.1. The predicted octanol–water partition coefficient (Wildman–Crippen LogP) is 3.39. The highest BCUT2D eigenvalue weighted by molar-refractivity contribution is 9.11. The van der Waals surface area contributed by atoms with Crippen molar-refractivity contribution in [2.24, 2.45) is 5.73 Å². The maximum atomic E-state index is 6.15. The lowest BCUT2D eigenvalue weighted by Gasteiger charge is -2.17. The summed E-state index contributed by atoms with van der Waals surface area (Å²) in [5.74, 6) is 1.60. The summed E-state index contributed by atoms with van der Waals surface area (Å²) in [6, 6.07) is 1.87. The second-order valence-electron chi connectivity index (χ2n) is 3.71. The summed E-state index contributed by atoms with van der Waals surface area (Å²) >= 11 is 7.02. The number of nitrogens with two attached hydrogens (primary N) is 1. The topological polar surface area (TPSA) is 44.5 Å². The van der Waals surface area contributed by atoms with Crippen molar-refractivity contribution in [1.82, 2.24) is 0 Å². The van der Waals surface area contributed by atoms with Crippen molar-refractivity contribution in [1.29, 1.82) is 0 Å². The highest BCUT2D eigenvalue weighted by atomic mass is 79.9. The van der Waals surface area contributed by atoms with Gasteiger partial charge in [0.15, 0.2) is 0 Å². The van der Waals surface area contributed by atoms with E-state index in [2.05, 4.69) is 31.9 Å². The van der Waals surface area contributed by atoms with Crippen molar-refractivity contribution >= 4 is 31.9 Å². The fourth-order valence-electron chi connectivity index (χ4n) is 1.85. The maximum absolute atomic E-state index is 6.15. The Kier molecular flexibility index (Phi) is 3.77. The van der Waals surface area contributed by atoms with Crippen LogP contribution < -0.4 is 15.2 Å². The zero-order chi connectivity index (χ0) is 11.7. The third kappa shape index (κ3) is 2.08. The smallest absolute Gasteiger partial charge is 0.139 e. The molecule has 5 heteroatoms. The number of methoxy groups -OCH3 is 1. The number of rotatable bonds is 1. The van der Waals surface area contributed by atoms with Gasteiger partial charge in [-0.05, 0) is 50.8 Å². The first-order valence-corrected chi connectivity index (χ1v) is 6.68. The van der Waals surface area contributed by atoms with Crippen LogP contribution in [-0.2, 0) is 0 Å². The fourth-order valence-corrected chi connectivity index (χ4v) is 3.14. The molecule has 1 atom stereocenters. The van der Waals surface area contributed by atoms with Crippen LogP contribution in [0.4, 0.5) is 0 Å². The molecule has 0 radical (unpaired) electrons. The first-order chi connectivity index (χ1) is 7.65.